The second-order valence-corrected chi connectivity index (χ2v) is 3.97. The second kappa shape index (κ2) is 3.95. The SMILES string of the molecule is Cc1c(C(C)N=C=O)c2ccccc2n1C. The van der Waals surface area contributed by atoms with Gasteiger partial charge in [-0.05, 0) is 19.9 Å². The first-order valence-electron chi connectivity index (χ1n) is 5.27. The summed E-state index contributed by atoms with van der Waals surface area (Å²) in [5.74, 6) is 0. The Morgan fingerprint density at radius 1 is 1.38 bits per heavy atom. The van der Waals surface area contributed by atoms with E-state index >= 15 is 0 Å². The van der Waals surface area contributed by atoms with Crippen LogP contribution >= 0.6 is 0 Å². The van der Waals surface area contributed by atoms with E-state index in [0.717, 1.165) is 16.6 Å². The Morgan fingerprint density at radius 2 is 2.06 bits per heavy atom. The van der Waals surface area contributed by atoms with E-state index in [2.05, 4.69) is 21.7 Å². The molecule has 16 heavy (non-hydrogen) atoms. The monoisotopic (exact) mass is 214 g/mol. The van der Waals surface area contributed by atoms with Gasteiger partial charge in [0, 0.05) is 29.2 Å². The molecule has 1 heterocycles. The summed E-state index contributed by atoms with van der Waals surface area (Å²) >= 11 is 0. The maximum absolute atomic E-state index is 10.3. The van der Waals surface area contributed by atoms with Gasteiger partial charge in [0.15, 0.2) is 0 Å². The molecule has 82 valence electrons. The summed E-state index contributed by atoms with van der Waals surface area (Å²) in [6.07, 6.45) is 1.63. The van der Waals surface area contributed by atoms with Gasteiger partial charge in [0.05, 0.1) is 6.04 Å². The minimum atomic E-state index is -0.136. The van der Waals surface area contributed by atoms with E-state index in [4.69, 9.17) is 0 Å². The highest BCUT2D eigenvalue weighted by molar-refractivity contribution is 5.86. The number of carbonyl (C=O) groups excluding carboxylic acids is 1. The Kier molecular flexibility index (Phi) is 2.63. The molecule has 1 aromatic carbocycles. The lowest BCUT2D eigenvalue weighted by atomic mass is 10.1. The molecule has 3 heteroatoms. The number of para-hydroxylation sites is 1. The molecule has 0 N–H and O–H groups in total. The van der Waals surface area contributed by atoms with Gasteiger partial charge in [0.2, 0.25) is 6.08 Å². The number of rotatable bonds is 2. The lowest BCUT2D eigenvalue weighted by Gasteiger charge is -2.04. The van der Waals surface area contributed by atoms with Crippen molar-refractivity contribution in [3.05, 3.63) is 35.5 Å². The fourth-order valence-electron chi connectivity index (χ4n) is 2.22. The summed E-state index contributed by atoms with van der Waals surface area (Å²) in [5.41, 5.74) is 3.43. The number of nitrogens with zero attached hydrogens (tertiary/aromatic N) is 2. The van der Waals surface area contributed by atoms with Gasteiger partial charge >= 0.3 is 0 Å². The van der Waals surface area contributed by atoms with Gasteiger partial charge < -0.3 is 4.57 Å². The van der Waals surface area contributed by atoms with Crippen molar-refractivity contribution >= 4 is 17.0 Å². The molecule has 0 bridgehead atoms. The second-order valence-electron chi connectivity index (χ2n) is 3.97. The van der Waals surface area contributed by atoms with Crippen LogP contribution in [0.4, 0.5) is 0 Å². The molecule has 2 aromatic rings. The number of fused-ring (bicyclic) bond motifs is 1. The Labute approximate surface area is 94.4 Å². The number of hydrogen-bond acceptors (Lipinski definition) is 2. The van der Waals surface area contributed by atoms with Gasteiger partial charge in [-0.2, -0.15) is 4.99 Å². The summed E-state index contributed by atoms with van der Waals surface area (Å²) in [6.45, 7) is 3.96. The minimum Gasteiger partial charge on any atom is -0.348 e. The van der Waals surface area contributed by atoms with Crippen molar-refractivity contribution in [3.8, 4) is 0 Å². The van der Waals surface area contributed by atoms with Crippen molar-refractivity contribution in [3.63, 3.8) is 0 Å². The predicted molar refractivity (Wildman–Crippen MR) is 64.2 cm³/mol. The van der Waals surface area contributed by atoms with Gasteiger partial charge in [-0.15, -0.1) is 0 Å². The molecule has 3 nitrogen and oxygen atoms in total. The highest BCUT2D eigenvalue weighted by Crippen LogP contribution is 2.31. The van der Waals surface area contributed by atoms with Gasteiger partial charge in [-0.3, -0.25) is 0 Å². The van der Waals surface area contributed by atoms with E-state index in [1.807, 2.05) is 33.0 Å². The summed E-state index contributed by atoms with van der Waals surface area (Å²) < 4.78 is 2.13. The predicted octanol–water partition coefficient (Wildman–Crippen LogP) is 2.88. The van der Waals surface area contributed by atoms with E-state index in [9.17, 15) is 4.79 Å². The standard InChI is InChI=1S/C13H14N2O/c1-9(14-8-16)13-10(2)15(3)12-7-5-4-6-11(12)13/h4-7,9H,1-3H3. The van der Waals surface area contributed by atoms with Gasteiger partial charge in [0.25, 0.3) is 0 Å². The molecule has 1 aromatic heterocycles. The maximum Gasteiger partial charge on any atom is 0.235 e. The zero-order valence-electron chi connectivity index (χ0n) is 9.69. The molecule has 0 amide bonds. The Morgan fingerprint density at radius 3 is 2.75 bits per heavy atom. The van der Waals surface area contributed by atoms with E-state index < -0.39 is 0 Å². The topological polar surface area (TPSA) is 34.4 Å². The molecule has 0 spiro atoms. The Hall–Kier alpha value is -1.86. The lowest BCUT2D eigenvalue weighted by molar-refractivity contribution is 0.559. The van der Waals surface area contributed by atoms with Crippen LogP contribution in [0.2, 0.25) is 0 Å². The number of aliphatic imine (C=N–C) groups is 1. The number of aromatic nitrogens is 1. The van der Waals surface area contributed by atoms with Crippen molar-refractivity contribution in [2.24, 2.45) is 12.0 Å². The van der Waals surface area contributed by atoms with Gasteiger partial charge in [0.1, 0.15) is 0 Å². The number of isocyanates is 1. The third-order valence-corrected chi connectivity index (χ3v) is 3.11. The molecule has 0 fully saturated rings. The Bertz CT molecular complexity index is 577. The molecule has 0 saturated heterocycles. The van der Waals surface area contributed by atoms with E-state index in [-0.39, 0.29) is 6.04 Å². The highest BCUT2D eigenvalue weighted by Gasteiger charge is 2.16. The molecule has 0 aliphatic carbocycles. The highest BCUT2D eigenvalue weighted by atomic mass is 16.1. The van der Waals surface area contributed by atoms with Crippen LogP contribution in [0.25, 0.3) is 10.9 Å². The quantitative estimate of drug-likeness (QED) is 0.559. The van der Waals surface area contributed by atoms with Crippen LogP contribution in [0.15, 0.2) is 29.3 Å². The summed E-state index contributed by atoms with van der Waals surface area (Å²) in [6, 6.07) is 8.02. The minimum absolute atomic E-state index is 0.136. The van der Waals surface area contributed by atoms with E-state index in [1.54, 1.807) is 6.08 Å². The van der Waals surface area contributed by atoms with E-state index in [1.165, 1.54) is 5.52 Å². The summed E-state index contributed by atoms with van der Waals surface area (Å²) in [5, 5.41) is 1.16. The van der Waals surface area contributed by atoms with Crippen LogP contribution in [-0.2, 0) is 11.8 Å². The molecular weight excluding hydrogens is 200 g/mol. The van der Waals surface area contributed by atoms with Crippen LogP contribution in [-0.4, -0.2) is 10.6 Å². The van der Waals surface area contributed by atoms with Gasteiger partial charge in [-0.25, -0.2) is 4.79 Å². The normalized spacial score (nSPS) is 12.4. The fraction of sp³-hybridized carbons (Fsp3) is 0.308. The summed E-state index contributed by atoms with van der Waals surface area (Å²) in [7, 11) is 2.03. The molecule has 1 atom stereocenters. The molecule has 1 unspecified atom stereocenters. The number of aryl methyl sites for hydroxylation is 1. The zero-order valence-corrected chi connectivity index (χ0v) is 9.69. The van der Waals surface area contributed by atoms with Crippen LogP contribution in [0.3, 0.4) is 0 Å². The first kappa shape index (κ1) is 10.7. The zero-order chi connectivity index (χ0) is 11.7. The summed E-state index contributed by atoms with van der Waals surface area (Å²) in [4.78, 5) is 14.1. The van der Waals surface area contributed by atoms with Crippen molar-refractivity contribution in [2.45, 2.75) is 19.9 Å². The van der Waals surface area contributed by atoms with Crippen molar-refractivity contribution in [1.82, 2.24) is 4.57 Å². The smallest absolute Gasteiger partial charge is 0.235 e. The number of benzene rings is 1. The van der Waals surface area contributed by atoms with Crippen LogP contribution < -0.4 is 0 Å². The first-order chi connectivity index (χ1) is 7.66. The van der Waals surface area contributed by atoms with Crippen molar-refractivity contribution in [1.29, 1.82) is 0 Å². The third-order valence-electron chi connectivity index (χ3n) is 3.11. The molecule has 2 rings (SSSR count). The maximum atomic E-state index is 10.3. The molecule has 0 aliphatic heterocycles. The molecule has 0 saturated carbocycles. The van der Waals surface area contributed by atoms with Crippen LogP contribution in [0, 0.1) is 6.92 Å². The van der Waals surface area contributed by atoms with E-state index in [0.29, 0.717) is 0 Å². The third kappa shape index (κ3) is 1.46. The van der Waals surface area contributed by atoms with Crippen LogP contribution in [0.5, 0.6) is 0 Å². The molecular formula is C13H14N2O. The first-order valence-corrected chi connectivity index (χ1v) is 5.27. The van der Waals surface area contributed by atoms with Crippen molar-refractivity contribution in [2.75, 3.05) is 0 Å². The molecule has 0 radical (unpaired) electrons. The van der Waals surface area contributed by atoms with Crippen LogP contribution in [0.1, 0.15) is 24.2 Å². The van der Waals surface area contributed by atoms with Gasteiger partial charge in [-0.1, -0.05) is 18.2 Å². The van der Waals surface area contributed by atoms with Crippen molar-refractivity contribution < 1.29 is 4.79 Å². The fourth-order valence-corrected chi connectivity index (χ4v) is 2.22. The lowest BCUT2D eigenvalue weighted by Crippen LogP contribution is -1.95. The largest absolute Gasteiger partial charge is 0.348 e. The average molecular weight is 214 g/mol. The Balaban J connectivity index is 2.78. The molecule has 0 aliphatic rings. The average Bonchev–Trinajstić information content (AvgIpc) is 2.53. The number of hydrogen-bond donors (Lipinski definition) is 0.